The zero-order chi connectivity index (χ0) is 28.7. The van der Waals surface area contributed by atoms with Gasteiger partial charge < -0.3 is 0 Å². The fraction of sp³-hybridized carbons (Fsp3) is 0.0556. The van der Waals surface area contributed by atoms with E-state index in [2.05, 4.69) is 36.4 Å². The Bertz CT molecular complexity index is 1630. The molecule has 0 aliphatic carbocycles. The molecule has 0 heterocycles. The van der Waals surface area contributed by atoms with Crippen molar-refractivity contribution in [2.24, 2.45) is 4.99 Å². The lowest BCUT2D eigenvalue weighted by atomic mass is 10.1. The lowest BCUT2D eigenvalue weighted by Gasteiger charge is -2.32. The minimum atomic E-state index is -2.85. The molecule has 202 valence electrons. The van der Waals surface area contributed by atoms with E-state index in [1.807, 2.05) is 110 Å². The van der Waals surface area contributed by atoms with Gasteiger partial charge in [-0.25, -0.2) is 4.99 Å². The van der Waals surface area contributed by atoms with Gasteiger partial charge in [-0.05, 0) is 48.1 Å². The van der Waals surface area contributed by atoms with Crippen LogP contribution in [-0.2, 0) is 0 Å². The van der Waals surface area contributed by atoms with Gasteiger partial charge in [-0.15, -0.1) is 11.8 Å². The van der Waals surface area contributed by atoms with Crippen LogP contribution in [0.1, 0.15) is 26.3 Å². The standard InChI is InChI=1S/C36H30NO2PS/c1-27-23-25-29(26-24-27)35(39)37-36(41-2)34(33(38)28-15-7-3-8-16-28)40(30-17-9-4-10-18-30,31-19-11-5-12-20-31)32-21-13-6-14-22-32/h3-26H,1-2H3. The molecule has 5 aromatic carbocycles. The number of ketones is 1. The van der Waals surface area contributed by atoms with E-state index in [9.17, 15) is 9.59 Å². The van der Waals surface area contributed by atoms with E-state index in [1.165, 1.54) is 11.8 Å². The maximum atomic E-state index is 14.9. The number of rotatable bonds is 7. The van der Waals surface area contributed by atoms with E-state index < -0.39 is 6.89 Å². The minimum Gasteiger partial charge on any atom is -0.288 e. The number of nitrogens with zero attached hydrogens (tertiary/aromatic N) is 1. The fourth-order valence-electron chi connectivity index (χ4n) is 4.96. The fourth-order valence-corrected chi connectivity index (χ4v) is 10.4. The van der Waals surface area contributed by atoms with Crippen LogP contribution in [0.4, 0.5) is 0 Å². The van der Waals surface area contributed by atoms with Crippen LogP contribution in [0.25, 0.3) is 0 Å². The number of aliphatic imine (C=N–C) groups is 1. The number of carbonyl (C=O) groups is 2. The highest BCUT2D eigenvalue weighted by molar-refractivity contribution is 8.18. The number of hydrogen-bond donors (Lipinski definition) is 0. The maximum absolute atomic E-state index is 14.9. The molecule has 0 aliphatic heterocycles. The van der Waals surface area contributed by atoms with Crippen LogP contribution in [-0.4, -0.2) is 28.3 Å². The lowest BCUT2D eigenvalue weighted by Crippen LogP contribution is -2.37. The van der Waals surface area contributed by atoms with Gasteiger partial charge in [0.05, 0.1) is 5.29 Å². The van der Waals surface area contributed by atoms with Crippen molar-refractivity contribution in [1.29, 1.82) is 0 Å². The first-order valence-electron chi connectivity index (χ1n) is 13.3. The third-order valence-corrected chi connectivity index (χ3v) is 12.1. The summed E-state index contributed by atoms with van der Waals surface area (Å²) in [7, 11) is 0. The van der Waals surface area contributed by atoms with Crippen LogP contribution in [0, 0.1) is 6.92 Å². The molecular weight excluding hydrogens is 541 g/mol. The summed E-state index contributed by atoms with van der Waals surface area (Å²) < 4.78 is 0. The van der Waals surface area contributed by atoms with Crippen LogP contribution in [0.2, 0.25) is 0 Å². The average Bonchev–Trinajstić information content (AvgIpc) is 3.04. The molecule has 5 aromatic rings. The Labute approximate surface area is 246 Å². The van der Waals surface area contributed by atoms with Crippen molar-refractivity contribution in [3.05, 3.63) is 162 Å². The Kier molecular flexibility index (Phi) is 8.94. The van der Waals surface area contributed by atoms with Crippen LogP contribution in [0.3, 0.4) is 0 Å². The Morgan fingerprint density at radius 1 is 0.561 bits per heavy atom. The molecule has 3 nitrogen and oxygen atoms in total. The molecule has 0 radical (unpaired) electrons. The van der Waals surface area contributed by atoms with Crippen molar-refractivity contribution in [3.8, 4) is 0 Å². The number of amides is 1. The van der Waals surface area contributed by atoms with Gasteiger partial charge in [0.25, 0.3) is 5.91 Å². The van der Waals surface area contributed by atoms with Crippen LogP contribution in [0.5, 0.6) is 0 Å². The molecule has 0 saturated heterocycles. The molecule has 0 saturated carbocycles. The van der Waals surface area contributed by atoms with Crippen LogP contribution >= 0.6 is 18.6 Å². The molecule has 1 amide bonds. The third kappa shape index (κ3) is 5.81. The van der Waals surface area contributed by atoms with Crippen LogP contribution in [0.15, 0.2) is 151 Å². The van der Waals surface area contributed by atoms with E-state index in [1.54, 1.807) is 12.1 Å². The molecule has 5 rings (SSSR count). The first-order chi connectivity index (χ1) is 20.1. The summed E-state index contributed by atoms with van der Waals surface area (Å²) in [4.78, 5) is 33.2. The molecule has 5 heteroatoms. The summed E-state index contributed by atoms with van der Waals surface area (Å²) in [6.07, 6.45) is 1.88. The van der Waals surface area contributed by atoms with Gasteiger partial charge in [0.15, 0.2) is 5.78 Å². The second-order valence-electron chi connectivity index (χ2n) is 9.51. The number of thioether (sulfide) groups is 1. The second-order valence-corrected chi connectivity index (χ2v) is 13.6. The molecule has 0 spiro atoms. The van der Waals surface area contributed by atoms with E-state index in [0.717, 1.165) is 21.5 Å². The van der Waals surface area contributed by atoms with Gasteiger partial charge >= 0.3 is 0 Å². The molecule has 0 fully saturated rings. The zero-order valence-corrected chi connectivity index (χ0v) is 24.7. The molecular formula is C36H30NO2PS. The Morgan fingerprint density at radius 2 is 0.976 bits per heavy atom. The zero-order valence-electron chi connectivity index (χ0n) is 23.0. The maximum Gasteiger partial charge on any atom is 0.278 e. The van der Waals surface area contributed by atoms with E-state index in [0.29, 0.717) is 21.5 Å². The number of carbonyl (C=O) groups excluding carboxylic acids is 2. The van der Waals surface area contributed by atoms with Crippen molar-refractivity contribution in [3.63, 3.8) is 0 Å². The predicted octanol–water partition coefficient (Wildman–Crippen LogP) is 6.95. The highest BCUT2D eigenvalue weighted by Gasteiger charge is 2.36. The summed E-state index contributed by atoms with van der Waals surface area (Å²) in [6, 6.07) is 47.2. The van der Waals surface area contributed by atoms with Gasteiger partial charge in [0, 0.05) is 11.1 Å². The highest BCUT2D eigenvalue weighted by Crippen LogP contribution is 2.48. The molecule has 0 N–H and O–H groups in total. The molecule has 0 aromatic heterocycles. The van der Waals surface area contributed by atoms with Crippen molar-refractivity contribution in [1.82, 2.24) is 0 Å². The van der Waals surface area contributed by atoms with Crippen molar-refractivity contribution < 1.29 is 9.59 Å². The molecule has 0 aliphatic rings. The van der Waals surface area contributed by atoms with Crippen molar-refractivity contribution in [2.75, 3.05) is 6.26 Å². The number of aryl methyl sites for hydroxylation is 1. The van der Waals surface area contributed by atoms with Gasteiger partial charge in [0.2, 0.25) is 0 Å². The molecule has 0 atom stereocenters. The first kappa shape index (κ1) is 28.3. The predicted molar refractivity (Wildman–Crippen MR) is 177 cm³/mol. The largest absolute Gasteiger partial charge is 0.288 e. The van der Waals surface area contributed by atoms with Crippen molar-refractivity contribution in [2.45, 2.75) is 6.92 Å². The summed E-state index contributed by atoms with van der Waals surface area (Å²) >= 11 is 1.34. The quantitative estimate of drug-likeness (QED) is 0.0920. The Hall–Kier alpha value is -4.24. The van der Waals surface area contributed by atoms with Crippen LogP contribution < -0.4 is 15.9 Å². The smallest absolute Gasteiger partial charge is 0.278 e. The van der Waals surface area contributed by atoms with Gasteiger partial charge in [-0.3, -0.25) is 9.59 Å². The summed E-state index contributed by atoms with van der Waals surface area (Å²) in [5.74, 6) is -0.514. The van der Waals surface area contributed by atoms with E-state index in [4.69, 9.17) is 4.99 Å². The summed E-state index contributed by atoms with van der Waals surface area (Å²) in [5, 5.41) is 4.01. The number of Topliss-reactive ketones (excluding diaryl/α,β-unsaturated/α-hetero) is 1. The molecule has 41 heavy (non-hydrogen) atoms. The number of hydrogen-bond acceptors (Lipinski definition) is 3. The second kappa shape index (κ2) is 13.0. The summed E-state index contributed by atoms with van der Waals surface area (Å²) in [5.41, 5.74) is 2.10. The van der Waals surface area contributed by atoms with E-state index >= 15 is 0 Å². The topological polar surface area (TPSA) is 46.5 Å². The average molecular weight is 572 g/mol. The van der Waals surface area contributed by atoms with Gasteiger partial charge in [-0.1, -0.05) is 139 Å². The summed E-state index contributed by atoms with van der Waals surface area (Å²) in [6.45, 7) is -0.870. The molecule has 0 unspecified atom stereocenters. The first-order valence-corrected chi connectivity index (χ1v) is 16.3. The number of benzene rings is 5. The normalized spacial score (nSPS) is 11.6. The van der Waals surface area contributed by atoms with Gasteiger partial charge in [0.1, 0.15) is 5.04 Å². The van der Waals surface area contributed by atoms with Gasteiger partial charge in [-0.2, -0.15) is 0 Å². The SMILES string of the molecule is CSC(=NC(=O)c1ccc(C)cc1)C(C(=O)c1ccccc1)=P(c1ccccc1)(c1ccccc1)c1ccccc1. The molecule has 0 bridgehead atoms. The third-order valence-electron chi connectivity index (χ3n) is 6.91. The van der Waals surface area contributed by atoms with Crippen molar-refractivity contribution >= 4 is 56.6 Å². The monoisotopic (exact) mass is 571 g/mol. The minimum absolute atomic E-state index is 0.139. The Morgan fingerprint density at radius 3 is 1.39 bits per heavy atom. The Balaban J connectivity index is 1.98. The highest BCUT2D eigenvalue weighted by atomic mass is 32.2. The lowest BCUT2D eigenvalue weighted by molar-refractivity contribution is 0.100. The van der Waals surface area contributed by atoms with E-state index in [-0.39, 0.29) is 11.7 Å².